The first-order valence-electron chi connectivity index (χ1n) is 5.71. The number of aromatic carboxylic acids is 1. The summed E-state index contributed by atoms with van der Waals surface area (Å²) in [7, 11) is 0. The largest absolute Gasteiger partial charge is 0.478 e. The second-order valence-electron chi connectivity index (χ2n) is 4.23. The Morgan fingerprint density at radius 1 is 1.10 bits per heavy atom. The summed E-state index contributed by atoms with van der Waals surface area (Å²) in [6.45, 7) is 0. The predicted molar refractivity (Wildman–Crippen MR) is 65.7 cm³/mol. The molecule has 0 unspecified atom stereocenters. The van der Waals surface area contributed by atoms with E-state index in [1.807, 2.05) is 0 Å². The standard InChI is InChI=1S/C13H6F3N3O2/c14-8-4-7(5-9(15)12(8)16)19-11-3-6(13(20)21)1-2-10(11)17-18-19/h1-5H,(H,20,21). The number of fused-ring (bicyclic) bond motifs is 1. The Kier molecular flexibility index (Phi) is 2.86. The van der Waals surface area contributed by atoms with Crippen LogP contribution in [0.15, 0.2) is 30.3 Å². The summed E-state index contributed by atoms with van der Waals surface area (Å²) < 4.78 is 40.5. The summed E-state index contributed by atoms with van der Waals surface area (Å²) in [5, 5.41) is 16.4. The molecule has 0 saturated heterocycles. The van der Waals surface area contributed by atoms with Gasteiger partial charge < -0.3 is 5.11 Å². The van der Waals surface area contributed by atoms with Crippen molar-refractivity contribution in [2.24, 2.45) is 0 Å². The van der Waals surface area contributed by atoms with Crippen molar-refractivity contribution in [1.82, 2.24) is 15.0 Å². The zero-order valence-corrected chi connectivity index (χ0v) is 10.2. The highest BCUT2D eigenvalue weighted by atomic mass is 19.2. The topological polar surface area (TPSA) is 68.0 Å². The number of carboxylic acid groups (broad SMARTS) is 1. The lowest BCUT2D eigenvalue weighted by Crippen LogP contribution is -2.02. The molecule has 0 aliphatic carbocycles. The van der Waals surface area contributed by atoms with Crippen molar-refractivity contribution in [2.75, 3.05) is 0 Å². The van der Waals surface area contributed by atoms with Gasteiger partial charge in [0.15, 0.2) is 17.5 Å². The monoisotopic (exact) mass is 293 g/mol. The summed E-state index contributed by atoms with van der Waals surface area (Å²) >= 11 is 0. The van der Waals surface area contributed by atoms with Crippen LogP contribution in [-0.4, -0.2) is 26.1 Å². The van der Waals surface area contributed by atoms with E-state index in [9.17, 15) is 18.0 Å². The maximum absolute atomic E-state index is 13.3. The lowest BCUT2D eigenvalue weighted by molar-refractivity contribution is 0.0697. The molecule has 0 aliphatic heterocycles. The molecule has 3 aromatic rings. The van der Waals surface area contributed by atoms with Crippen LogP contribution in [0.3, 0.4) is 0 Å². The van der Waals surface area contributed by atoms with Crippen molar-refractivity contribution in [2.45, 2.75) is 0 Å². The molecule has 0 atom stereocenters. The fraction of sp³-hybridized carbons (Fsp3) is 0. The van der Waals surface area contributed by atoms with Gasteiger partial charge in [0.05, 0.1) is 16.8 Å². The third-order valence-electron chi connectivity index (χ3n) is 2.91. The number of hydrogen-bond donors (Lipinski definition) is 1. The lowest BCUT2D eigenvalue weighted by Gasteiger charge is -2.04. The lowest BCUT2D eigenvalue weighted by atomic mass is 10.2. The summed E-state index contributed by atoms with van der Waals surface area (Å²) in [6.07, 6.45) is 0. The van der Waals surface area contributed by atoms with Crippen molar-refractivity contribution in [3.05, 3.63) is 53.3 Å². The number of benzene rings is 2. The van der Waals surface area contributed by atoms with E-state index in [0.717, 1.165) is 16.8 Å². The van der Waals surface area contributed by atoms with Crippen molar-refractivity contribution in [3.63, 3.8) is 0 Å². The third-order valence-corrected chi connectivity index (χ3v) is 2.91. The quantitative estimate of drug-likeness (QED) is 0.737. The first-order chi connectivity index (χ1) is 9.97. The van der Waals surface area contributed by atoms with E-state index in [1.165, 1.54) is 18.2 Å². The first-order valence-corrected chi connectivity index (χ1v) is 5.71. The van der Waals surface area contributed by atoms with Crippen molar-refractivity contribution in [3.8, 4) is 5.69 Å². The maximum Gasteiger partial charge on any atom is 0.335 e. The summed E-state index contributed by atoms with van der Waals surface area (Å²) in [5.41, 5.74) is 0.441. The van der Waals surface area contributed by atoms with E-state index in [4.69, 9.17) is 5.11 Å². The van der Waals surface area contributed by atoms with E-state index in [1.54, 1.807) is 0 Å². The van der Waals surface area contributed by atoms with E-state index >= 15 is 0 Å². The second kappa shape index (κ2) is 4.58. The minimum atomic E-state index is -1.59. The van der Waals surface area contributed by atoms with E-state index in [-0.39, 0.29) is 16.8 Å². The summed E-state index contributed by atoms with van der Waals surface area (Å²) in [5.74, 6) is -5.50. The van der Waals surface area contributed by atoms with Crippen LogP contribution < -0.4 is 0 Å². The predicted octanol–water partition coefficient (Wildman–Crippen LogP) is 2.54. The Balaban J connectivity index is 2.25. The molecule has 0 aliphatic rings. The molecule has 2 aromatic carbocycles. The number of aromatic nitrogens is 3. The molecule has 21 heavy (non-hydrogen) atoms. The Hall–Kier alpha value is -2.90. The first kappa shape index (κ1) is 13.1. The molecule has 0 radical (unpaired) electrons. The van der Waals surface area contributed by atoms with Crippen molar-refractivity contribution < 1.29 is 23.1 Å². The van der Waals surface area contributed by atoms with Crippen LogP contribution in [0.2, 0.25) is 0 Å². The molecule has 0 bridgehead atoms. The van der Waals surface area contributed by atoms with E-state index in [0.29, 0.717) is 5.52 Å². The number of nitrogens with zero attached hydrogens (tertiary/aromatic N) is 3. The minimum absolute atomic E-state index is 0.0332. The van der Waals surface area contributed by atoms with Gasteiger partial charge in [-0.2, -0.15) is 0 Å². The van der Waals surface area contributed by atoms with Gasteiger partial charge in [-0.25, -0.2) is 22.6 Å². The fourth-order valence-electron chi connectivity index (χ4n) is 1.91. The normalized spacial score (nSPS) is 11.0. The number of rotatable bonds is 2. The van der Waals surface area contributed by atoms with E-state index in [2.05, 4.69) is 10.3 Å². The van der Waals surface area contributed by atoms with Crippen LogP contribution in [0.4, 0.5) is 13.2 Å². The average molecular weight is 293 g/mol. The molecule has 5 nitrogen and oxygen atoms in total. The molecule has 0 amide bonds. The van der Waals surface area contributed by atoms with Crippen LogP contribution in [-0.2, 0) is 0 Å². The van der Waals surface area contributed by atoms with Crippen LogP contribution in [0, 0.1) is 17.5 Å². The molecule has 1 aromatic heterocycles. The highest BCUT2D eigenvalue weighted by Gasteiger charge is 2.15. The molecular weight excluding hydrogens is 287 g/mol. The van der Waals surface area contributed by atoms with Gasteiger partial charge in [-0.05, 0) is 18.2 Å². The van der Waals surface area contributed by atoms with Gasteiger partial charge in [0, 0.05) is 12.1 Å². The Morgan fingerprint density at radius 2 is 1.76 bits per heavy atom. The van der Waals surface area contributed by atoms with Gasteiger partial charge >= 0.3 is 5.97 Å². The molecule has 0 spiro atoms. The maximum atomic E-state index is 13.3. The average Bonchev–Trinajstić information content (AvgIpc) is 2.87. The number of halogens is 3. The Bertz CT molecular complexity index is 853. The Labute approximate surface area is 115 Å². The van der Waals surface area contributed by atoms with Crippen LogP contribution in [0.5, 0.6) is 0 Å². The number of hydrogen-bond acceptors (Lipinski definition) is 3. The van der Waals surface area contributed by atoms with Gasteiger partial charge in [-0.3, -0.25) is 0 Å². The zero-order valence-electron chi connectivity index (χ0n) is 10.2. The highest BCUT2D eigenvalue weighted by molar-refractivity contribution is 5.92. The van der Waals surface area contributed by atoms with Crippen LogP contribution >= 0.6 is 0 Å². The zero-order chi connectivity index (χ0) is 15.1. The van der Waals surface area contributed by atoms with E-state index < -0.39 is 23.4 Å². The highest BCUT2D eigenvalue weighted by Crippen LogP contribution is 2.21. The molecule has 1 heterocycles. The van der Waals surface area contributed by atoms with Gasteiger partial charge in [0.1, 0.15) is 5.52 Å². The van der Waals surface area contributed by atoms with Gasteiger partial charge in [-0.1, -0.05) is 5.21 Å². The molecule has 1 N–H and O–H groups in total. The molecule has 3 rings (SSSR count). The van der Waals surface area contributed by atoms with Crippen LogP contribution in [0.25, 0.3) is 16.7 Å². The van der Waals surface area contributed by atoms with Crippen molar-refractivity contribution in [1.29, 1.82) is 0 Å². The Morgan fingerprint density at radius 3 is 2.38 bits per heavy atom. The molecule has 0 saturated carbocycles. The van der Waals surface area contributed by atoms with Gasteiger partial charge in [-0.15, -0.1) is 5.10 Å². The smallest absolute Gasteiger partial charge is 0.335 e. The van der Waals surface area contributed by atoms with Crippen molar-refractivity contribution >= 4 is 17.0 Å². The summed E-state index contributed by atoms with van der Waals surface area (Å²) in [6, 6.07) is 5.50. The summed E-state index contributed by atoms with van der Waals surface area (Å²) in [4.78, 5) is 10.9. The molecule has 106 valence electrons. The number of carbonyl (C=O) groups is 1. The third kappa shape index (κ3) is 2.10. The van der Waals surface area contributed by atoms with Gasteiger partial charge in [0.25, 0.3) is 0 Å². The fourth-order valence-corrected chi connectivity index (χ4v) is 1.91. The molecule has 8 heteroatoms. The second-order valence-corrected chi connectivity index (χ2v) is 4.23. The molecular formula is C13H6F3N3O2. The SMILES string of the molecule is O=C(O)c1ccc2nnn(-c3cc(F)c(F)c(F)c3)c2c1. The van der Waals surface area contributed by atoms with Crippen LogP contribution in [0.1, 0.15) is 10.4 Å². The van der Waals surface area contributed by atoms with Gasteiger partial charge in [0.2, 0.25) is 0 Å². The minimum Gasteiger partial charge on any atom is -0.478 e. The number of carboxylic acids is 1. The molecule has 0 fully saturated rings.